The zero-order chi connectivity index (χ0) is 13.1. The van der Waals surface area contributed by atoms with Crippen LogP contribution in [0.2, 0.25) is 0 Å². The Hall–Kier alpha value is -1.53. The number of nitrogens with one attached hydrogen (secondary N) is 2. The molecule has 0 spiro atoms. The first kappa shape index (κ1) is 13.5. The zero-order valence-corrected chi connectivity index (χ0v) is 9.89. The molecule has 0 radical (unpaired) electrons. The van der Waals surface area contributed by atoms with Gasteiger partial charge >= 0.3 is 6.18 Å². The molecule has 0 amide bonds. The molecular weight excluding hydrogens is 233 g/mol. The van der Waals surface area contributed by atoms with E-state index < -0.39 is 11.9 Å². The van der Waals surface area contributed by atoms with Gasteiger partial charge in [0.1, 0.15) is 5.82 Å². The SMILES string of the molecule is CC[C@H](C)Nc1nc(NC)cc(C(F)(F)F)n1. The van der Waals surface area contributed by atoms with Gasteiger partial charge in [0.15, 0.2) is 5.69 Å². The van der Waals surface area contributed by atoms with Gasteiger partial charge in [-0.25, -0.2) is 4.98 Å². The van der Waals surface area contributed by atoms with E-state index in [4.69, 9.17) is 0 Å². The van der Waals surface area contributed by atoms with Gasteiger partial charge in [0.05, 0.1) is 0 Å². The summed E-state index contributed by atoms with van der Waals surface area (Å²) in [5.74, 6) is 0.122. The van der Waals surface area contributed by atoms with Gasteiger partial charge < -0.3 is 10.6 Å². The maximum absolute atomic E-state index is 12.6. The smallest absolute Gasteiger partial charge is 0.373 e. The largest absolute Gasteiger partial charge is 0.433 e. The number of nitrogens with zero attached hydrogens (tertiary/aromatic N) is 2. The normalized spacial score (nSPS) is 13.3. The molecule has 7 heteroatoms. The molecule has 0 saturated heterocycles. The third kappa shape index (κ3) is 3.76. The third-order valence-corrected chi connectivity index (χ3v) is 2.26. The Morgan fingerprint density at radius 2 is 2.00 bits per heavy atom. The van der Waals surface area contributed by atoms with E-state index in [0.717, 1.165) is 12.5 Å². The summed E-state index contributed by atoms with van der Waals surface area (Å²) in [5.41, 5.74) is -0.956. The Labute approximate surface area is 97.7 Å². The van der Waals surface area contributed by atoms with Crippen molar-refractivity contribution in [2.45, 2.75) is 32.5 Å². The monoisotopic (exact) mass is 248 g/mol. The van der Waals surface area contributed by atoms with Crippen LogP contribution in [0.4, 0.5) is 24.9 Å². The van der Waals surface area contributed by atoms with Crippen molar-refractivity contribution in [2.24, 2.45) is 0 Å². The van der Waals surface area contributed by atoms with Gasteiger partial charge in [-0.1, -0.05) is 6.92 Å². The standard InChI is InChI=1S/C10H15F3N4/c1-4-6(2)15-9-16-7(10(11,12)13)5-8(14-3)17-9/h5-6H,4H2,1-3H3,(H2,14,15,16,17)/t6-/m0/s1. The van der Waals surface area contributed by atoms with Crippen molar-refractivity contribution < 1.29 is 13.2 Å². The molecule has 0 bridgehead atoms. The fourth-order valence-electron chi connectivity index (χ4n) is 1.11. The lowest BCUT2D eigenvalue weighted by molar-refractivity contribution is -0.141. The average Bonchev–Trinajstić information content (AvgIpc) is 2.27. The molecule has 0 aliphatic rings. The van der Waals surface area contributed by atoms with Gasteiger partial charge in [-0.3, -0.25) is 0 Å². The van der Waals surface area contributed by atoms with Crippen LogP contribution >= 0.6 is 0 Å². The number of aromatic nitrogens is 2. The summed E-state index contributed by atoms with van der Waals surface area (Å²) in [4.78, 5) is 7.37. The highest BCUT2D eigenvalue weighted by atomic mass is 19.4. The van der Waals surface area contributed by atoms with E-state index in [0.29, 0.717) is 0 Å². The first-order valence-corrected chi connectivity index (χ1v) is 5.27. The van der Waals surface area contributed by atoms with Crippen molar-refractivity contribution in [3.05, 3.63) is 11.8 Å². The molecular formula is C10H15F3N4. The molecule has 0 aromatic carbocycles. The summed E-state index contributed by atoms with van der Waals surface area (Å²) in [6.07, 6.45) is -3.70. The molecule has 0 fully saturated rings. The van der Waals surface area contributed by atoms with E-state index in [2.05, 4.69) is 20.6 Å². The van der Waals surface area contributed by atoms with Crippen LogP contribution in [0.3, 0.4) is 0 Å². The van der Waals surface area contributed by atoms with E-state index in [1.807, 2.05) is 13.8 Å². The number of hydrogen-bond acceptors (Lipinski definition) is 4. The molecule has 0 aliphatic heterocycles. The topological polar surface area (TPSA) is 49.8 Å². The van der Waals surface area contributed by atoms with Crippen molar-refractivity contribution in [3.8, 4) is 0 Å². The van der Waals surface area contributed by atoms with Gasteiger partial charge in [0, 0.05) is 19.2 Å². The molecule has 96 valence electrons. The van der Waals surface area contributed by atoms with Crippen LogP contribution in [-0.4, -0.2) is 23.1 Å². The number of rotatable bonds is 4. The quantitative estimate of drug-likeness (QED) is 0.860. The fourth-order valence-corrected chi connectivity index (χ4v) is 1.11. The zero-order valence-electron chi connectivity index (χ0n) is 9.89. The van der Waals surface area contributed by atoms with Crippen LogP contribution in [0.25, 0.3) is 0 Å². The lowest BCUT2D eigenvalue weighted by atomic mass is 10.3. The first-order chi connectivity index (χ1) is 7.86. The van der Waals surface area contributed by atoms with E-state index in [9.17, 15) is 13.2 Å². The molecule has 4 nitrogen and oxygen atoms in total. The lowest BCUT2D eigenvalue weighted by Gasteiger charge is -2.14. The molecule has 17 heavy (non-hydrogen) atoms. The van der Waals surface area contributed by atoms with E-state index in [1.165, 1.54) is 7.05 Å². The third-order valence-electron chi connectivity index (χ3n) is 2.26. The molecule has 2 N–H and O–H groups in total. The molecule has 1 atom stereocenters. The summed E-state index contributed by atoms with van der Waals surface area (Å²) < 4.78 is 37.7. The number of anilines is 2. The van der Waals surface area contributed by atoms with Gasteiger partial charge in [0.25, 0.3) is 0 Å². The molecule has 1 aromatic rings. The Kier molecular flexibility index (Phi) is 4.14. The second-order valence-corrected chi connectivity index (χ2v) is 3.66. The molecule has 1 aromatic heterocycles. The molecule has 0 aliphatic carbocycles. The Balaban J connectivity index is 3.05. The summed E-state index contributed by atoms with van der Waals surface area (Å²) in [6.45, 7) is 3.77. The van der Waals surface area contributed by atoms with Crippen LogP contribution < -0.4 is 10.6 Å². The van der Waals surface area contributed by atoms with Crippen LogP contribution in [0.15, 0.2) is 6.07 Å². The molecule has 0 unspecified atom stereocenters. The Bertz CT molecular complexity index is 378. The summed E-state index contributed by atoms with van der Waals surface area (Å²) in [6, 6.07) is 0.894. The summed E-state index contributed by atoms with van der Waals surface area (Å²) in [5, 5.41) is 5.40. The average molecular weight is 248 g/mol. The van der Waals surface area contributed by atoms with Crippen LogP contribution in [0.1, 0.15) is 26.0 Å². The van der Waals surface area contributed by atoms with Crippen molar-refractivity contribution in [2.75, 3.05) is 17.7 Å². The van der Waals surface area contributed by atoms with Crippen molar-refractivity contribution in [3.63, 3.8) is 0 Å². The highest BCUT2D eigenvalue weighted by molar-refractivity contribution is 5.42. The summed E-state index contributed by atoms with van der Waals surface area (Å²) >= 11 is 0. The second-order valence-electron chi connectivity index (χ2n) is 3.66. The Morgan fingerprint density at radius 3 is 2.47 bits per heavy atom. The maximum Gasteiger partial charge on any atom is 0.433 e. The minimum atomic E-state index is -4.47. The van der Waals surface area contributed by atoms with E-state index in [1.54, 1.807) is 0 Å². The molecule has 0 saturated carbocycles. The van der Waals surface area contributed by atoms with Crippen LogP contribution in [0.5, 0.6) is 0 Å². The maximum atomic E-state index is 12.6. The molecule has 1 rings (SSSR count). The minimum absolute atomic E-state index is 0.0153. The van der Waals surface area contributed by atoms with E-state index >= 15 is 0 Å². The fraction of sp³-hybridized carbons (Fsp3) is 0.600. The highest BCUT2D eigenvalue weighted by Gasteiger charge is 2.33. The minimum Gasteiger partial charge on any atom is -0.373 e. The van der Waals surface area contributed by atoms with E-state index in [-0.39, 0.29) is 17.8 Å². The van der Waals surface area contributed by atoms with Crippen molar-refractivity contribution in [1.82, 2.24) is 9.97 Å². The number of hydrogen-bond donors (Lipinski definition) is 2. The van der Waals surface area contributed by atoms with Crippen molar-refractivity contribution in [1.29, 1.82) is 0 Å². The number of halogens is 3. The van der Waals surface area contributed by atoms with Crippen molar-refractivity contribution >= 4 is 11.8 Å². The van der Waals surface area contributed by atoms with Crippen LogP contribution in [-0.2, 0) is 6.18 Å². The lowest BCUT2D eigenvalue weighted by Crippen LogP contribution is -2.18. The van der Waals surface area contributed by atoms with Gasteiger partial charge in [-0.15, -0.1) is 0 Å². The predicted octanol–water partition coefficient (Wildman–Crippen LogP) is 2.75. The van der Waals surface area contributed by atoms with Gasteiger partial charge in [-0.05, 0) is 13.3 Å². The number of alkyl halides is 3. The van der Waals surface area contributed by atoms with Gasteiger partial charge in [-0.2, -0.15) is 18.2 Å². The highest BCUT2D eigenvalue weighted by Crippen LogP contribution is 2.29. The predicted molar refractivity (Wildman–Crippen MR) is 60.0 cm³/mol. The Morgan fingerprint density at radius 1 is 1.35 bits per heavy atom. The van der Waals surface area contributed by atoms with Crippen LogP contribution in [0, 0.1) is 0 Å². The molecule has 1 heterocycles. The van der Waals surface area contributed by atoms with Gasteiger partial charge in [0.2, 0.25) is 5.95 Å². The first-order valence-electron chi connectivity index (χ1n) is 5.27. The summed E-state index contributed by atoms with van der Waals surface area (Å²) in [7, 11) is 1.51. The second kappa shape index (κ2) is 5.20.